The molecule has 25 heavy (non-hydrogen) atoms. The second kappa shape index (κ2) is 8.39. The fourth-order valence-electron chi connectivity index (χ4n) is 3.28. The Morgan fingerprint density at radius 1 is 1.28 bits per heavy atom. The number of fused-ring (bicyclic) bond motifs is 1. The van der Waals surface area contributed by atoms with Gasteiger partial charge in [-0.1, -0.05) is 36.7 Å². The Morgan fingerprint density at radius 3 is 2.72 bits per heavy atom. The molecule has 1 aromatic heterocycles. The van der Waals surface area contributed by atoms with Crippen LogP contribution in [0.4, 0.5) is 0 Å². The van der Waals surface area contributed by atoms with E-state index < -0.39 is 0 Å². The molecule has 0 saturated carbocycles. The first-order chi connectivity index (χ1) is 12.2. The van der Waals surface area contributed by atoms with Crippen LogP contribution in [0.15, 0.2) is 29.4 Å². The zero-order chi connectivity index (χ0) is 17.6. The topological polar surface area (TPSA) is 61.9 Å². The van der Waals surface area contributed by atoms with Crippen LogP contribution < -0.4 is 0 Å². The first kappa shape index (κ1) is 17.8. The molecule has 2 heterocycles. The van der Waals surface area contributed by atoms with Gasteiger partial charge in [0.2, 0.25) is 5.91 Å². The predicted octanol–water partition coefficient (Wildman–Crippen LogP) is 3.83. The molecular formula is C19H24N4OS. The van der Waals surface area contributed by atoms with E-state index in [0.29, 0.717) is 13.0 Å². The minimum absolute atomic E-state index is 0.171. The molecule has 0 radical (unpaired) electrons. The van der Waals surface area contributed by atoms with Gasteiger partial charge in [0.1, 0.15) is 0 Å². The number of amides is 1. The number of hydrogen-bond acceptors (Lipinski definition) is 4. The standard InChI is InChI=1S/C19H24N4OS/c1-15(18(24)22-12-6-2-3-7-13-22)25-19-21-16-9-4-5-10-17(16)23(19)14-8-11-20/h4-5,9-10,15H,2-3,6-8,12-14H2,1H3/t15-/m1/s1. The summed E-state index contributed by atoms with van der Waals surface area (Å²) in [5.74, 6) is 0.200. The molecule has 1 fully saturated rings. The predicted molar refractivity (Wildman–Crippen MR) is 100 cm³/mol. The Balaban J connectivity index is 1.79. The van der Waals surface area contributed by atoms with Crippen LogP contribution in [0.3, 0.4) is 0 Å². The molecule has 132 valence electrons. The van der Waals surface area contributed by atoms with Crippen LogP contribution in [-0.4, -0.2) is 38.7 Å². The van der Waals surface area contributed by atoms with E-state index >= 15 is 0 Å². The van der Waals surface area contributed by atoms with Gasteiger partial charge in [0.15, 0.2) is 5.16 Å². The highest BCUT2D eigenvalue weighted by atomic mass is 32.2. The Labute approximate surface area is 153 Å². The minimum Gasteiger partial charge on any atom is -0.342 e. The first-order valence-corrected chi connectivity index (χ1v) is 9.86. The van der Waals surface area contributed by atoms with Crippen molar-refractivity contribution in [3.63, 3.8) is 0 Å². The van der Waals surface area contributed by atoms with E-state index in [1.807, 2.05) is 36.1 Å². The summed E-state index contributed by atoms with van der Waals surface area (Å²) in [7, 11) is 0. The van der Waals surface area contributed by atoms with Gasteiger partial charge in [-0.05, 0) is 31.9 Å². The van der Waals surface area contributed by atoms with Crippen molar-refractivity contribution >= 4 is 28.7 Å². The van der Waals surface area contributed by atoms with Crippen LogP contribution in [-0.2, 0) is 11.3 Å². The smallest absolute Gasteiger partial charge is 0.235 e. The quantitative estimate of drug-likeness (QED) is 0.764. The summed E-state index contributed by atoms with van der Waals surface area (Å²) in [4.78, 5) is 19.5. The second-order valence-electron chi connectivity index (χ2n) is 6.44. The van der Waals surface area contributed by atoms with Gasteiger partial charge in [-0.25, -0.2) is 4.98 Å². The number of nitriles is 1. The number of thioether (sulfide) groups is 1. The normalized spacial score (nSPS) is 16.4. The lowest BCUT2D eigenvalue weighted by atomic mass is 10.2. The van der Waals surface area contributed by atoms with Gasteiger partial charge < -0.3 is 9.47 Å². The van der Waals surface area contributed by atoms with Gasteiger partial charge in [0, 0.05) is 19.6 Å². The van der Waals surface area contributed by atoms with E-state index in [2.05, 4.69) is 10.6 Å². The molecule has 1 atom stereocenters. The maximum Gasteiger partial charge on any atom is 0.235 e. The zero-order valence-electron chi connectivity index (χ0n) is 14.6. The van der Waals surface area contributed by atoms with E-state index in [4.69, 9.17) is 10.2 Å². The molecule has 0 spiro atoms. The number of nitrogens with zero attached hydrogens (tertiary/aromatic N) is 4. The highest BCUT2D eigenvalue weighted by molar-refractivity contribution is 8.00. The first-order valence-electron chi connectivity index (χ1n) is 8.98. The number of carbonyl (C=O) groups is 1. The summed E-state index contributed by atoms with van der Waals surface area (Å²) in [6, 6.07) is 10.1. The molecule has 2 aromatic rings. The molecule has 1 aromatic carbocycles. The fourth-order valence-corrected chi connectivity index (χ4v) is 4.31. The van der Waals surface area contributed by atoms with Crippen molar-refractivity contribution in [3.05, 3.63) is 24.3 Å². The number of imidazole rings is 1. The van der Waals surface area contributed by atoms with E-state index in [1.54, 1.807) is 0 Å². The largest absolute Gasteiger partial charge is 0.342 e. The van der Waals surface area contributed by atoms with Crippen LogP contribution in [0.25, 0.3) is 11.0 Å². The second-order valence-corrected chi connectivity index (χ2v) is 7.75. The number of rotatable bonds is 5. The van der Waals surface area contributed by atoms with Crippen molar-refractivity contribution in [1.29, 1.82) is 5.26 Å². The molecule has 5 nitrogen and oxygen atoms in total. The monoisotopic (exact) mass is 356 g/mol. The van der Waals surface area contributed by atoms with Crippen molar-refractivity contribution in [2.75, 3.05) is 13.1 Å². The maximum absolute atomic E-state index is 12.8. The van der Waals surface area contributed by atoms with Gasteiger partial charge in [0.25, 0.3) is 0 Å². The summed E-state index contributed by atoms with van der Waals surface area (Å²) in [5.41, 5.74) is 1.94. The molecule has 0 aliphatic carbocycles. The Morgan fingerprint density at radius 2 is 2.00 bits per heavy atom. The van der Waals surface area contributed by atoms with Crippen molar-refractivity contribution in [3.8, 4) is 6.07 Å². The number of carbonyl (C=O) groups excluding carboxylic acids is 1. The molecule has 0 unspecified atom stereocenters. The number of aromatic nitrogens is 2. The van der Waals surface area contributed by atoms with Crippen molar-refractivity contribution in [2.45, 2.75) is 56.0 Å². The van der Waals surface area contributed by atoms with E-state index in [-0.39, 0.29) is 11.2 Å². The third-order valence-corrected chi connectivity index (χ3v) is 5.69. The number of likely N-dealkylation sites (tertiary alicyclic amines) is 1. The molecule has 1 aliphatic heterocycles. The van der Waals surface area contributed by atoms with Crippen LogP contribution in [0, 0.1) is 11.3 Å². The zero-order valence-corrected chi connectivity index (χ0v) is 15.5. The lowest BCUT2D eigenvalue weighted by Gasteiger charge is -2.23. The van der Waals surface area contributed by atoms with E-state index in [1.165, 1.54) is 24.6 Å². The van der Waals surface area contributed by atoms with Gasteiger partial charge in [-0.2, -0.15) is 5.26 Å². The Kier molecular flexibility index (Phi) is 5.98. The molecule has 1 aliphatic rings. The van der Waals surface area contributed by atoms with Crippen molar-refractivity contribution in [2.24, 2.45) is 0 Å². The van der Waals surface area contributed by atoms with Crippen molar-refractivity contribution in [1.82, 2.24) is 14.5 Å². The highest BCUT2D eigenvalue weighted by Gasteiger charge is 2.24. The third-order valence-electron chi connectivity index (χ3n) is 4.61. The summed E-state index contributed by atoms with van der Waals surface area (Å²) in [6.45, 7) is 4.30. The van der Waals surface area contributed by atoms with Gasteiger partial charge in [-0.15, -0.1) is 0 Å². The summed E-state index contributed by atoms with van der Waals surface area (Å²) in [6.07, 6.45) is 5.07. The SMILES string of the molecule is C[C@@H](Sc1nc2ccccc2n1CCC#N)C(=O)N1CCCCCC1. The van der Waals surface area contributed by atoms with E-state index in [0.717, 1.165) is 42.1 Å². The lowest BCUT2D eigenvalue weighted by molar-refractivity contribution is -0.130. The third kappa shape index (κ3) is 4.16. The van der Waals surface area contributed by atoms with E-state index in [9.17, 15) is 4.79 Å². The molecule has 1 saturated heterocycles. The average molecular weight is 356 g/mol. The van der Waals surface area contributed by atoms with Gasteiger partial charge in [-0.3, -0.25) is 4.79 Å². The summed E-state index contributed by atoms with van der Waals surface area (Å²) in [5, 5.41) is 9.60. The molecule has 3 rings (SSSR count). The molecule has 6 heteroatoms. The van der Waals surface area contributed by atoms with Gasteiger partial charge >= 0.3 is 0 Å². The minimum atomic E-state index is -0.171. The van der Waals surface area contributed by atoms with Crippen LogP contribution in [0.1, 0.15) is 39.0 Å². The fraction of sp³-hybridized carbons (Fsp3) is 0.526. The maximum atomic E-state index is 12.8. The van der Waals surface area contributed by atoms with Crippen LogP contribution in [0.2, 0.25) is 0 Å². The average Bonchev–Trinajstić information content (AvgIpc) is 2.79. The molecular weight excluding hydrogens is 332 g/mol. The molecule has 1 amide bonds. The number of aryl methyl sites for hydroxylation is 1. The number of benzene rings is 1. The van der Waals surface area contributed by atoms with Crippen molar-refractivity contribution < 1.29 is 4.79 Å². The summed E-state index contributed by atoms with van der Waals surface area (Å²) < 4.78 is 2.06. The Hall–Kier alpha value is -2.00. The summed E-state index contributed by atoms with van der Waals surface area (Å²) >= 11 is 1.51. The highest BCUT2D eigenvalue weighted by Crippen LogP contribution is 2.28. The number of hydrogen-bond donors (Lipinski definition) is 0. The Bertz CT molecular complexity index is 771. The number of para-hydroxylation sites is 2. The molecule has 0 bridgehead atoms. The van der Waals surface area contributed by atoms with Gasteiger partial charge in [0.05, 0.1) is 28.8 Å². The van der Waals surface area contributed by atoms with Crippen LogP contribution >= 0.6 is 11.8 Å². The lowest BCUT2D eigenvalue weighted by Crippen LogP contribution is -2.37. The molecule has 0 N–H and O–H groups in total. The van der Waals surface area contributed by atoms with Crippen LogP contribution in [0.5, 0.6) is 0 Å².